The van der Waals surface area contributed by atoms with Gasteiger partial charge in [-0.1, -0.05) is 15.9 Å². The Hall–Kier alpha value is -1.82. The number of rotatable bonds is 4. The van der Waals surface area contributed by atoms with E-state index in [1.165, 1.54) is 7.11 Å². The van der Waals surface area contributed by atoms with E-state index in [1.54, 1.807) is 10.9 Å². The summed E-state index contributed by atoms with van der Waals surface area (Å²) in [4.78, 5) is 12.0. The molecule has 6 heteroatoms. The second-order valence-electron chi connectivity index (χ2n) is 4.42. The van der Waals surface area contributed by atoms with E-state index < -0.39 is 6.04 Å². The lowest BCUT2D eigenvalue weighted by Crippen LogP contribution is -2.22. The molecule has 1 unspecified atom stereocenters. The van der Waals surface area contributed by atoms with Gasteiger partial charge in [-0.25, -0.2) is 4.79 Å². The summed E-state index contributed by atoms with van der Waals surface area (Å²) in [5.41, 5.74) is 2.57. The fourth-order valence-corrected chi connectivity index (χ4v) is 2.16. The number of carbonyl (C=O) groups excluding carboxylic acids is 1. The Morgan fingerprint density at radius 1 is 1.40 bits per heavy atom. The van der Waals surface area contributed by atoms with Gasteiger partial charge < -0.3 is 10.1 Å². The van der Waals surface area contributed by atoms with E-state index in [9.17, 15) is 4.79 Å². The molecule has 106 valence electrons. The number of benzene rings is 1. The Morgan fingerprint density at radius 2 is 2.05 bits per heavy atom. The molecule has 0 radical (unpaired) electrons. The van der Waals surface area contributed by atoms with Gasteiger partial charge in [0.1, 0.15) is 0 Å². The van der Waals surface area contributed by atoms with Crippen LogP contribution in [0.5, 0.6) is 0 Å². The van der Waals surface area contributed by atoms with E-state index in [1.807, 2.05) is 38.2 Å². The van der Waals surface area contributed by atoms with Crippen molar-refractivity contribution in [3.63, 3.8) is 0 Å². The van der Waals surface area contributed by atoms with Gasteiger partial charge in [-0.3, -0.25) is 4.68 Å². The molecule has 1 aromatic heterocycles. The SMILES string of the molecule is COC(=O)C(Nc1ccc(Br)cc1)c1cnn(C)c1C. The standard InChI is InChI=1S/C14H16BrN3O2/c1-9-12(8-16-18(9)2)13(14(19)20-3)17-11-6-4-10(15)5-7-11/h4-8,13,17H,1-3H3. The second kappa shape index (κ2) is 6.09. The Kier molecular flexibility index (Phi) is 4.44. The van der Waals surface area contributed by atoms with Crippen LogP contribution in [0.3, 0.4) is 0 Å². The Labute approximate surface area is 126 Å². The van der Waals surface area contributed by atoms with Crippen molar-refractivity contribution in [1.29, 1.82) is 0 Å². The molecule has 1 N–H and O–H groups in total. The molecule has 1 aromatic carbocycles. The second-order valence-corrected chi connectivity index (χ2v) is 5.33. The quantitative estimate of drug-likeness (QED) is 0.871. The first-order valence-electron chi connectivity index (χ1n) is 6.11. The minimum atomic E-state index is -0.574. The molecule has 2 rings (SSSR count). The summed E-state index contributed by atoms with van der Waals surface area (Å²) >= 11 is 3.38. The van der Waals surface area contributed by atoms with Gasteiger partial charge in [-0.15, -0.1) is 0 Å². The number of anilines is 1. The van der Waals surface area contributed by atoms with Crippen molar-refractivity contribution in [2.45, 2.75) is 13.0 Å². The first-order valence-corrected chi connectivity index (χ1v) is 6.90. The minimum absolute atomic E-state index is 0.344. The average molecular weight is 338 g/mol. The summed E-state index contributed by atoms with van der Waals surface area (Å²) in [5, 5.41) is 7.35. The van der Waals surface area contributed by atoms with Gasteiger partial charge in [-0.2, -0.15) is 5.10 Å². The van der Waals surface area contributed by atoms with Crippen molar-refractivity contribution in [3.05, 3.63) is 46.2 Å². The van der Waals surface area contributed by atoms with Crippen LogP contribution in [0.15, 0.2) is 34.9 Å². The lowest BCUT2D eigenvalue weighted by molar-refractivity contribution is -0.141. The Balaban J connectivity index is 2.31. The lowest BCUT2D eigenvalue weighted by atomic mass is 10.1. The highest BCUT2D eigenvalue weighted by Crippen LogP contribution is 2.24. The number of methoxy groups -OCH3 is 1. The maximum absolute atomic E-state index is 12.0. The van der Waals surface area contributed by atoms with Gasteiger partial charge in [0.2, 0.25) is 0 Å². The number of aromatic nitrogens is 2. The molecule has 1 atom stereocenters. The molecule has 0 bridgehead atoms. The van der Waals surface area contributed by atoms with Crippen molar-refractivity contribution in [2.24, 2.45) is 7.05 Å². The van der Waals surface area contributed by atoms with E-state index in [-0.39, 0.29) is 5.97 Å². The molecule has 2 aromatic rings. The van der Waals surface area contributed by atoms with Crippen LogP contribution in [-0.2, 0) is 16.6 Å². The van der Waals surface area contributed by atoms with Gasteiger partial charge >= 0.3 is 5.97 Å². The van der Waals surface area contributed by atoms with Crippen molar-refractivity contribution in [2.75, 3.05) is 12.4 Å². The maximum Gasteiger partial charge on any atom is 0.333 e. The summed E-state index contributed by atoms with van der Waals surface area (Å²) in [6.45, 7) is 1.92. The van der Waals surface area contributed by atoms with Crippen LogP contribution < -0.4 is 5.32 Å². The zero-order valence-corrected chi connectivity index (χ0v) is 13.1. The maximum atomic E-state index is 12.0. The molecule has 0 aliphatic carbocycles. The van der Waals surface area contributed by atoms with Gasteiger partial charge in [0.15, 0.2) is 6.04 Å². The molecule has 0 spiro atoms. The minimum Gasteiger partial charge on any atom is -0.467 e. The van der Waals surface area contributed by atoms with Crippen LogP contribution >= 0.6 is 15.9 Å². The highest BCUT2D eigenvalue weighted by molar-refractivity contribution is 9.10. The Morgan fingerprint density at radius 3 is 2.55 bits per heavy atom. The third-order valence-corrected chi connectivity index (χ3v) is 3.70. The summed E-state index contributed by atoms with van der Waals surface area (Å²) in [6, 6.07) is 7.03. The van der Waals surface area contributed by atoms with Crippen molar-refractivity contribution < 1.29 is 9.53 Å². The normalized spacial score (nSPS) is 12.0. The molecule has 1 heterocycles. The van der Waals surface area contributed by atoms with Gasteiger partial charge in [0.05, 0.1) is 13.3 Å². The highest BCUT2D eigenvalue weighted by atomic mass is 79.9. The zero-order chi connectivity index (χ0) is 14.7. The van der Waals surface area contributed by atoms with Crippen LogP contribution in [0.4, 0.5) is 5.69 Å². The van der Waals surface area contributed by atoms with Crippen LogP contribution in [0, 0.1) is 6.92 Å². The highest BCUT2D eigenvalue weighted by Gasteiger charge is 2.25. The number of halogens is 1. The van der Waals surface area contributed by atoms with Gasteiger partial charge in [-0.05, 0) is 31.2 Å². The van der Waals surface area contributed by atoms with Crippen LogP contribution in [0.25, 0.3) is 0 Å². The molecule has 5 nitrogen and oxygen atoms in total. The predicted molar refractivity (Wildman–Crippen MR) is 80.5 cm³/mol. The average Bonchev–Trinajstić information content (AvgIpc) is 2.78. The largest absolute Gasteiger partial charge is 0.467 e. The van der Waals surface area contributed by atoms with E-state index in [2.05, 4.69) is 26.3 Å². The monoisotopic (exact) mass is 337 g/mol. The van der Waals surface area contributed by atoms with Crippen LogP contribution in [0.1, 0.15) is 17.3 Å². The summed E-state index contributed by atoms with van der Waals surface area (Å²) in [5.74, 6) is -0.344. The predicted octanol–water partition coefficient (Wildman–Crippen LogP) is 2.82. The number of nitrogens with zero attached hydrogens (tertiary/aromatic N) is 2. The van der Waals surface area contributed by atoms with Crippen molar-refractivity contribution in [3.8, 4) is 0 Å². The number of hydrogen-bond donors (Lipinski definition) is 1. The molecule has 0 amide bonds. The summed E-state index contributed by atoms with van der Waals surface area (Å²) in [6.07, 6.45) is 1.68. The van der Waals surface area contributed by atoms with E-state index in [4.69, 9.17) is 4.74 Å². The van der Waals surface area contributed by atoms with Crippen molar-refractivity contribution in [1.82, 2.24) is 9.78 Å². The summed E-state index contributed by atoms with van der Waals surface area (Å²) in [7, 11) is 3.22. The van der Waals surface area contributed by atoms with E-state index >= 15 is 0 Å². The summed E-state index contributed by atoms with van der Waals surface area (Å²) < 4.78 is 7.59. The zero-order valence-electron chi connectivity index (χ0n) is 11.6. The molecule has 0 saturated heterocycles. The fourth-order valence-electron chi connectivity index (χ4n) is 1.89. The van der Waals surface area contributed by atoms with Gasteiger partial charge in [0.25, 0.3) is 0 Å². The van der Waals surface area contributed by atoms with Crippen molar-refractivity contribution >= 4 is 27.6 Å². The van der Waals surface area contributed by atoms with Crippen LogP contribution in [-0.4, -0.2) is 22.9 Å². The first-order chi connectivity index (χ1) is 9.52. The third kappa shape index (κ3) is 3.01. The fraction of sp³-hybridized carbons (Fsp3) is 0.286. The number of hydrogen-bond acceptors (Lipinski definition) is 4. The lowest BCUT2D eigenvalue weighted by Gasteiger charge is -2.17. The Bertz CT molecular complexity index is 607. The van der Waals surface area contributed by atoms with E-state index in [0.717, 1.165) is 21.4 Å². The number of nitrogens with one attached hydrogen (secondary N) is 1. The molecule has 20 heavy (non-hydrogen) atoms. The first kappa shape index (κ1) is 14.6. The molecular weight excluding hydrogens is 322 g/mol. The number of carbonyl (C=O) groups is 1. The molecule has 0 saturated carbocycles. The van der Waals surface area contributed by atoms with Gasteiger partial charge in [0, 0.05) is 28.5 Å². The van der Waals surface area contributed by atoms with Crippen LogP contribution in [0.2, 0.25) is 0 Å². The molecule has 0 aliphatic rings. The molecule has 0 aliphatic heterocycles. The third-order valence-electron chi connectivity index (χ3n) is 3.18. The van der Waals surface area contributed by atoms with E-state index in [0.29, 0.717) is 0 Å². The number of ether oxygens (including phenoxy) is 1. The smallest absolute Gasteiger partial charge is 0.333 e. The number of esters is 1. The topological polar surface area (TPSA) is 56.1 Å². The molecule has 0 fully saturated rings. The molecular formula is C14H16BrN3O2. The number of aryl methyl sites for hydroxylation is 1.